The van der Waals surface area contributed by atoms with E-state index in [9.17, 15) is 9.59 Å². The van der Waals surface area contributed by atoms with E-state index >= 15 is 0 Å². The highest BCUT2D eigenvalue weighted by Crippen LogP contribution is 2.36. The summed E-state index contributed by atoms with van der Waals surface area (Å²) in [6, 6.07) is 9.30. The molecular formula is C15H19NO5. The van der Waals surface area contributed by atoms with Crippen molar-refractivity contribution < 1.29 is 24.2 Å². The van der Waals surface area contributed by atoms with E-state index in [2.05, 4.69) is 0 Å². The van der Waals surface area contributed by atoms with Gasteiger partial charge in [-0.3, -0.25) is 4.79 Å². The Morgan fingerprint density at radius 1 is 1.43 bits per heavy atom. The number of carbonyl (C=O) groups excluding carboxylic acids is 1. The van der Waals surface area contributed by atoms with Crippen LogP contribution in [0.3, 0.4) is 0 Å². The van der Waals surface area contributed by atoms with Crippen molar-refractivity contribution in [2.24, 2.45) is 0 Å². The number of hydrogen-bond donors (Lipinski definition) is 1. The fourth-order valence-corrected chi connectivity index (χ4v) is 2.38. The summed E-state index contributed by atoms with van der Waals surface area (Å²) in [5.74, 6) is -3.13. The first-order valence-electron chi connectivity index (χ1n) is 6.71. The van der Waals surface area contributed by atoms with Gasteiger partial charge < -0.3 is 19.5 Å². The van der Waals surface area contributed by atoms with E-state index in [0.29, 0.717) is 0 Å². The average Bonchev–Trinajstić information content (AvgIpc) is 2.48. The maximum atomic E-state index is 12.3. The van der Waals surface area contributed by atoms with Crippen LogP contribution in [0.4, 0.5) is 0 Å². The lowest BCUT2D eigenvalue weighted by molar-refractivity contribution is -0.274. The van der Waals surface area contributed by atoms with Crippen LogP contribution in [-0.2, 0) is 19.1 Å². The monoisotopic (exact) mass is 293 g/mol. The second-order valence-electron chi connectivity index (χ2n) is 5.23. The van der Waals surface area contributed by atoms with Crippen molar-refractivity contribution in [1.29, 1.82) is 0 Å². The average molecular weight is 293 g/mol. The second-order valence-corrected chi connectivity index (χ2v) is 5.23. The zero-order valence-corrected chi connectivity index (χ0v) is 12.3. The third-order valence-electron chi connectivity index (χ3n) is 3.71. The van der Waals surface area contributed by atoms with Crippen molar-refractivity contribution in [1.82, 2.24) is 4.90 Å². The standard InChI is InChI=1S/C15H19NO5/c1-10-13(11-7-5-4-6-8-11)21-15(2,14(19)16(10)3)20-9-12(17)18/h4-8,10,13H,9H2,1-3H3,(H,17,18)/t10-,13-,15-/m0/s1. The SMILES string of the molecule is C[C@H]1[C@@H](c2ccccc2)O[C@](C)(OCC(=O)O)C(=O)N1C. The Bertz CT molecular complexity index is 532. The summed E-state index contributed by atoms with van der Waals surface area (Å²) in [6.07, 6.45) is -0.382. The first kappa shape index (κ1) is 15.5. The number of aliphatic carboxylic acids is 1. The molecule has 1 fully saturated rings. The van der Waals surface area contributed by atoms with Gasteiger partial charge in [0.25, 0.3) is 5.91 Å². The smallest absolute Gasteiger partial charge is 0.329 e. The van der Waals surface area contributed by atoms with Crippen molar-refractivity contribution in [3.63, 3.8) is 0 Å². The van der Waals surface area contributed by atoms with Crippen LogP contribution in [0.2, 0.25) is 0 Å². The summed E-state index contributed by atoms with van der Waals surface area (Å²) in [4.78, 5) is 24.5. The Balaban J connectivity index is 2.28. The van der Waals surface area contributed by atoms with Crippen LogP contribution < -0.4 is 0 Å². The minimum absolute atomic E-state index is 0.179. The van der Waals surface area contributed by atoms with Gasteiger partial charge in [0.15, 0.2) is 0 Å². The largest absolute Gasteiger partial charge is 0.480 e. The van der Waals surface area contributed by atoms with Crippen molar-refractivity contribution in [2.45, 2.75) is 31.8 Å². The summed E-state index contributed by atoms with van der Waals surface area (Å²) in [5, 5.41) is 8.74. The molecule has 1 aromatic rings. The van der Waals surface area contributed by atoms with Crippen LogP contribution in [-0.4, -0.2) is 47.4 Å². The maximum absolute atomic E-state index is 12.3. The van der Waals surface area contributed by atoms with Crippen LogP contribution in [0.15, 0.2) is 30.3 Å². The Morgan fingerprint density at radius 2 is 2.05 bits per heavy atom. The van der Waals surface area contributed by atoms with E-state index in [0.717, 1.165) is 5.56 Å². The molecule has 0 saturated carbocycles. The van der Waals surface area contributed by atoms with Gasteiger partial charge >= 0.3 is 5.97 Å². The number of rotatable bonds is 4. The first-order chi connectivity index (χ1) is 9.85. The molecule has 3 atom stereocenters. The molecule has 1 heterocycles. The number of benzene rings is 1. The minimum Gasteiger partial charge on any atom is -0.480 e. The number of carboxylic acid groups (broad SMARTS) is 1. The van der Waals surface area contributed by atoms with E-state index in [1.54, 1.807) is 7.05 Å². The molecule has 1 aliphatic rings. The van der Waals surface area contributed by atoms with E-state index in [1.165, 1.54) is 11.8 Å². The van der Waals surface area contributed by atoms with Crippen molar-refractivity contribution >= 4 is 11.9 Å². The number of hydrogen-bond acceptors (Lipinski definition) is 4. The molecule has 6 nitrogen and oxygen atoms in total. The number of amides is 1. The summed E-state index contributed by atoms with van der Waals surface area (Å²) in [5.41, 5.74) is 0.912. The van der Waals surface area contributed by atoms with Crippen molar-refractivity contribution in [2.75, 3.05) is 13.7 Å². The van der Waals surface area contributed by atoms with Gasteiger partial charge in [-0.1, -0.05) is 30.3 Å². The molecule has 0 radical (unpaired) electrons. The Hall–Kier alpha value is -1.92. The predicted octanol–water partition coefficient (Wildman–Crippen LogP) is 1.42. The molecule has 0 bridgehead atoms. The van der Waals surface area contributed by atoms with E-state index in [-0.39, 0.29) is 18.1 Å². The zero-order valence-electron chi connectivity index (χ0n) is 12.3. The van der Waals surface area contributed by atoms with Gasteiger partial charge in [-0.15, -0.1) is 0 Å². The molecule has 1 saturated heterocycles. The Labute approximate surface area is 123 Å². The third-order valence-corrected chi connectivity index (χ3v) is 3.71. The normalized spacial score (nSPS) is 29.5. The lowest BCUT2D eigenvalue weighted by atomic mass is 9.98. The quantitative estimate of drug-likeness (QED) is 0.908. The third kappa shape index (κ3) is 3.06. The number of carbonyl (C=O) groups is 2. The second kappa shape index (κ2) is 5.83. The van der Waals surface area contributed by atoms with Gasteiger partial charge in [0.2, 0.25) is 5.79 Å². The van der Waals surface area contributed by atoms with E-state index in [4.69, 9.17) is 14.6 Å². The zero-order chi connectivity index (χ0) is 15.6. The van der Waals surface area contributed by atoms with Gasteiger partial charge in [0.1, 0.15) is 12.7 Å². The molecule has 1 aliphatic heterocycles. The molecule has 114 valence electrons. The maximum Gasteiger partial charge on any atom is 0.329 e. The molecule has 21 heavy (non-hydrogen) atoms. The lowest BCUT2D eigenvalue weighted by Gasteiger charge is -2.45. The molecule has 0 aliphatic carbocycles. The predicted molar refractivity (Wildman–Crippen MR) is 74.5 cm³/mol. The highest BCUT2D eigenvalue weighted by molar-refractivity contribution is 5.84. The van der Waals surface area contributed by atoms with E-state index in [1.807, 2.05) is 37.3 Å². The summed E-state index contributed by atoms with van der Waals surface area (Å²) in [7, 11) is 1.66. The molecule has 0 spiro atoms. The number of likely N-dealkylation sites (N-methyl/N-ethyl adjacent to an activating group) is 1. The van der Waals surface area contributed by atoms with Gasteiger partial charge in [0, 0.05) is 7.05 Å². The highest BCUT2D eigenvalue weighted by atomic mass is 16.7. The van der Waals surface area contributed by atoms with Crippen molar-refractivity contribution in [3.05, 3.63) is 35.9 Å². The summed E-state index contributed by atoms with van der Waals surface area (Å²) >= 11 is 0. The van der Waals surface area contributed by atoms with Gasteiger partial charge in [-0.2, -0.15) is 0 Å². The van der Waals surface area contributed by atoms with Crippen LogP contribution in [0.1, 0.15) is 25.5 Å². The Morgan fingerprint density at radius 3 is 2.62 bits per heavy atom. The van der Waals surface area contributed by atoms with Crippen LogP contribution >= 0.6 is 0 Å². The lowest BCUT2D eigenvalue weighted by Crippen LogP contribution is -2.59. The van der Waals surface area contributed by atoms with Crippen LogP contribution in [0.5, 0.6) is 0 Å². The fourth-order valence-electron chi connectivity index (χ4n) is 2.38. The van der Waals surface area contributed by atoms with Crippen LogP contribution in [0.25, 0.3) is 0 Å². The molecule has 1 amide bonds. The minimum atomic E-state index is -1.60. The molecule has 2 rings (SSSR count). The first-order valence-corrected chi connectivity index (χ1v) is 6.71. The topological polar surface area (TPSA) is 76.1 Å². The summed E-state index contributed by atoms with van der Waals surface area (Å²) < 4.78 is 11.0. The molecule has 0 unspecified atom stereocenters. The number of nitrogens with zero attached hydrogens (tertiary/aromatic N) is 1. The number of carboxylic acids is 1. The molecule has 1 N–H and O–H groups in total. The van der Waals surface area contributed by atoms with Crippen molar-refractivity contribution in [3.8, 4) is 0 Å². The highest BCUT2D eigenvalue weighted by Gasteiger charge is 2.48. The Kier molecular flexibility index (Phi) is 4.29. The summed E-state index contributed by atoms with van der Waals surface area (Å²) in [6.45, 7) is 2.74. The van der Waals surface area contributed by atoms with Gasteiger partial charge in [0.05, 0.1) is 6.04 Å². The molecular weight excluding hydrogens is 274 g/mol. The molecule has 6 heteroatoms. The molecule has 0 aromatic heterocycles. The fraction of sp³-hybridized carbons (Fsp3) is 0.467. The number of ether oxygens (including phenoxy) is 2. The van der Waals surface area contributed by atoms with Gasteiger partial charge in [-0.25, -0.2) is 4.79 Å². The van der Waals surface area contributed by atoms with Crippen LogP contribution in [0, 0.1) is 0 Å². The van der Waals surface area contributed by atoms with E-state index < -0.39 is 18.4 Å². The van der Waals surface area contributed by atoms with Gasteiger partial charge in [-0.05, 0) is 19.4 Å². The molecule has 1 aromatic carbocycles. The number of morpholine rings is 1.